The van der Waals surface area contributed by atoms with Crippen molar-refractivity contribution in [3.8, 4) is 0 Å². The number of hydrogen-bond acceptors (Lipinski definition) is 4. The summed E-state index contributed by atoms with van der Waals surface area (Å²) in [4.78, 5) is 24.2. The Morgan fingerprint density at radius 1 is 1.21 bits per heavy atom. The molecule has 1 saturated carbocycles. The van der Waals surface area contributed by atoms with Crippen LogP contribution >= 0.6 is 23.4 Å². The van der Waals surface area contributed by atoms with Gasteiger partial charge in [-0.05, 0) is 54.9 Å². The Morgan fingerprint density at radius 3 is 2.75 bits per heavy atom. The maximum absolute atomic E-state index is 14.2. The first kappa shape index (κ1) is 19.2. The van der Waals surface area contributed by atoms with Crippen LogP contribution in [-0.4, -0.2) is 27.0 Å². The first-order chi connectivity index (χ1) is 13.6. The fraction of sp³-hybridized carbons (Fsp3) is 0.286. The van der Waals surface area contributed by atoms with Crippen LogP contribution in [-0.2, 0) is 4.79 Å². The minimum absolute atomic E-state index is 0.117. The molecule has 4 nitrogen and oxygen atoms in total. The summed E-state index contributed by atoms with van der Waals surface area (Å²) in [7, 11) is 0. The quantitative estimate of drug-likeness (QED) is 0.594. The number of amides is 1. The van der Waals surface area contributed by atoms with Crippen molar-refractivity contribution < 1.29 is 9.18 Å². The molecule has 2 aromatic rings. The van der Waals surface area contributed by atoms with E-state index < -0.39 is 5.82 Å². The highest BCUT2D eigenvalue weighted by atomic mass is 35.5. The molecule has 1 aliphatic carbocycles. The summed E-state index contributed by atoms with van der Waals surface area (Å²) in [5.41, 5.74) is 0.912. The van der Waals surface area contributed by atoms with Gasteiger partial charge in [-0.1, -0.05) is 36.9 Å². The molecule has 28 heavy (non-hydrogen) atoms. The van der Waals surface area contributed by atoms with Crippen molar-refractivity contribution in [1.29, 1.82) is 0 Å². The van der Waals surface area contributed by atoms with Crippen LogP contribution in [0.4, 0.5) is 10.1 Å². The molecule has 7 heteroatoms. The van der Waals surface area contributed by atoms with Crippen LogP contribution in [0.15, 0.2) is 52.6 Å². The highest BCUT2D eigenvalue weighted by Gasteiger charge is 2.38. The second-order valence-corrected chi connectivity index (χ2v) is 8.23. The number of thioether (sulfide) groups is 1. The van der Waals surface area contributed by atoms with Gasteiger partial charge in [-0.15, -0.1) is 0 Å². The zero-order valence-electron chi connectivity index (χ0n) is 15.1. The fourth-order valence-corrected chi connectivity index (χ4v) is 4.79. The Bertz CT molecular complexity index is 922. The molecule has 0 atom stereocenters. The van der Waals surface area contributed by atoms with Crippen molar-refractivity contribution in [2.45, 2.75) is 38.1 Å². The number of aliphatic imine (C=N–C) groups is 1. The number of rotatable bonds is 3. The topological polar surface area (TPSA) is 45.6 Å². The highest BCUT2D eigenvalue weighted by Crippen LogP contribution is 2.39. The summed E-state index contributed by atoms with van der Waals surface area (Å²) in [5, 5.41) is 0.895. The monoisotopic (exact) mass is 415 g/mol. The van der Waals surface area contributed by atoms with E-state index in [2.05, 4.69) is 9.98 Å². The molecule has 1 saturated heterocycles. The Labute approximate surface area is 172 Å². The molecule has 2 fully saturated rings. The van der Waals surface area contributed by atoms with E-state index in [0.717, 1.165) is 25.7 Å². The van der Waals surface area contributed by atoms with E-state index in [9.17, 15) is 9.18 Å². The van der Waals surface area contributed by atoms with Crippen molar-refractivity contribution in [2.24, 2.45) is 4.99 Å². The molecule has 1 aromatic carbocycles. The van der Waals surface area contributed by atoms with Crippen LogP contribution in [0.1, 0.15) is 37.7 Å². The van der Waals surface area contributed by atoms with E-state index in [-0.39, 0.29) is 22.5 Å². The molecule has 2 heterocycles. The normalized spacial score (nSPS) is 21.1. The maximum atomic E-state index is 14.2. The second kappa shape index (κ2) is 8.45. The lowest BCUT2D eigenvalue weighted by atomic mass is 9.94. The van der Waals surface area contributed by atoms with Crippen LogP contribution < -0.4 is 0 Å². The van der Waals surface area contributed by atoms with Crippen molar-refractivity contribution in [1.82, 2.24) is 9.88 Å². The maximum Gasteiger partial charge on any atom is 0.267 e. The lowest BCUT2D eigenvalue weighted by Gasteiger charge is -2.30. The third-order valence-corrected chi connectivity index (χ3v) is 6.24. The average Bonchev–Trinajstić information content (AvgIpc) is 3.01. The van der Waals surface area contributed by atoms with Gasteiger partial charge in [0.05, 0.1) is 21.8 Å². The van der Waals surface area contributed by atoms with Crippen LogP contribution in [0.5, 0.6) is 0 Å². The zero-order chi connectivity index (χ0) is 19.5. The standard InChI is InChI=1S/C21H19ClFN3OS/c22-17-9-4-10-18(23)16(17)12-19-20(27)26(15-7-2-1-3-8-15)21(28-19)25-14-6-5-11-24-13-14/h4-6,9-13,15H,1-3,7-8H2/b19-12-,25-21?. The second-order valence-electron chi connectivity index (χ2n) is 6.82. The van der Waals surface area contributed by atoms with Crippen molar-refractivity contribution >= 4 is 46.2 Å². The van der Waals surface area contributed by atoms with E-state index in [4.69, 9.17) is 11.6 Å². The zero-order valence-corrected chi connectivity index (χ0v) is 16.7. The van der Waals surface area contributed by atoms with Gasteiger partial charge in [0.2, 0.25) is 0 Å². The SMILES string of the molecule is O=C1/C(=C/c2c(F)cccc2Cl)SC(=Nc2cccnc2)N1C1CCCCC1. The summed E-state index contributed by atoms with van der Waals surface area (Å²) in [6.07, 6.45) is 10.2. The summed E-state index contributed by atoms with van der Waals surface area (Å²) >= 11 is 7.41. The molecule has 144 valence electrons. The molecule has 0 N–H and O–H groups in total. The molecule has 0 bridgehead atoms. The Hall–Kier alpha value is -2.18. The predicted molar refractivity (Wildman–Crippen MR) is 112 cm³/mol. The van der Waals surface area contributed by atoms with Crippen molar-refractivity contribution in [3.63, 3.8) is 0 Å². The van der Waals surface area contributed by atoms with Crippen LogP contribution in [0.3, 0.4) is 0 Å². The lowest BCUT2D eigenvalue weighted by Crippen LogP contribution is -2.40. The summed E-state index contributed by atoms with van der Waals surface area (Å²) in [5.74, 6) is -0.589. The third-order valence-electron chi connectivity index (χ3n) is 4.92. The summed E-state index contributed by atoms with van der Waals surface area (Å²) in [6, 6.07) is 8.27. The number of halogens is 2. The molecule has 4 rings (SSSR count). The molecule has 0 unspecified atom stereocenters. The molecule has 1 amide bonds. The van der Waals surface area contributed by atoms with Crippen LogP contribution in [0, 0.1) is 5.82 Å². The van der Waals surface area contributed by atoms with Gasteiger partial charge in [-0.2, -0.15) is 0 Å². The number of hydrogen-bond donors (Lipinski definition) is 0. The van der Waals surface area contributed by atoms with Gasteiger partial charge in [-0.25, -0.2) is 9.38 Å². The molecule has 1 aliphatic heterocycles. The number of nitrogens with zero attached hydrogens (tertiary/aromatic N) is 3. The molecule has 1 aromatic heterocycles. The van der Waals surface area contributed by atoms with E-state index in [1.807, 2.05) is 12.1 Å². The molecule has 0 radical (unpaired) electrons. The number of benzene rings is 1. The highest BCUT2D eigenvalue weighted by molar-refractivity contribution is 8.18. The van der Waals surface area contributed by atoms with Crippen LogP contribution in [0.25, 0.3) is 6.08 Å². The van der Waals surface area contributed by atoms with Gasteiger partial charge < -0.3 is 0 Å². The van der Waals surface area contributed by atoms with E-state index in [0.29, 0.717) is 15.8 Å². The third kappa shape index (κ3) is 3.98. The van der Waals surface area contributed by atoms with E-state index in [1.54, 1.807) is 29.4 Å². The molecular formula is C21H19ClFN3OS. The van der Waals surface area contributed by atoms with Gasteiger partial charge in [0.15, 0.2) is 5.17 Å². The first-order valence-electron chi connectivity index (χ1n) is 9.29. The van der Waals surface area contributed by atoms with Gasteiger partial charge in [0, 0.05) is 17.8 Å². The Balaban J connectivity index is 1.73. The number of pyridine rings is 1. The fourth-order valence-electron chi connectivity index (χ4n) is 3.54. The molecule has 2 aliphatic rings. The summed E-state index contributed by atoms with van der Waals surface area (Å²) < 4.78 is 14.2. The van der Waals surface area contributed by atoms with Gasteiger partial charge in [0.25, 0.3) is 5.91 Å². The number of aromatic nitrogens is 1. The van der Waals surface area contributed by atoms with Crippen molar-refractivity contribution in [2.75, 3.05) is 0 Å². The van der Waals surface area contributed by atoms with Gasteiger partial charge in [0.1, 0.15) is 5.82 Å². The summed E-state index contributed by atoms with van der Waals surface area (Å²) in [6.45, 7) is 0. The predicted octanol–water partition coefficient (Wildman–Crippen LogP) is 5.81. The van der Waals surface area contributed by atoms with E-state index in [1.165, 1.54) is 30.3 Å². The lowest BCUT2D eigenvalue weighted by molar-refractivity contribution is -0.124. The Kier molecular flexibility index (Phi) is 5.78. The van der Waals surface area contributed by atoms with Crippen molar-refractivity contribution in [3.05, 3.63) is 64.0 Å². The molecular weight excluding hydrogens is 397 g/mol. The number of carbonyl (C=O) groups is 1. The number of carbonyl (C=O) groups excluding carboxylic acids is 1. The average molecular weight is 416 g/mol. The van der Waals surface area contributed by atoms with Gasteiger partial charge in [-0.3, -0.25) is 14.7 Å². The number of amidine groups is 1. The minimum Gasteiger partial charge on any atom is -0.283 e. The minimum atomic E-state index is -0.449. The molecule has 0 spiro atoms. The van der Waals surface area contributed by atoms with E-state index >= 15 is 0 Å². The smallest absolute Gasteiger partial charge is 0.267 e. The Morgan fingerprint density at radius 2 is 2.04 bits per heavy atom. The van der Waals surface area contributed by atoms with Gasteiger partial charge >= 0.3 is 0 Å². The first-order valence-corrected chi connectivity index (χ1v) is 10.5. The van der Waals surface area contributed by atoms with Crippen LogP contribution in [0.2, 0.25) is 5.02 Å². The largest absolute Gasteiger partial charge is 0.283 e.